The van der Waals surface area contributed by atoms with Gasteiger partial charge in [-0.05, 0) is 55.0 Å². The molecular formula is C13H28N2. The van der Waals surface area contributed by atoms with E-state index < -0.39 is 0 Å². The van der Waals surface area contributed by atoms with Gasteiger partial charge < -0.3 is 0 Å². The van der Waals surface area contributed by atoms with E-state index in [1.165, 1.54) is 19.5 Å². The molecule has 90 valence electrons. The molecule has 0 spiro atoms. The van der Waals surface area contributed by atoms with Crippen LogP contribution in [0.2, 0.25) is 0 Å². The van der Waals surface area contributed by atoms with Crippen molar-refractivity contribution in [2.45, 2.75) is 65.1 Å². The molecule has 1 aliphatic heterocycles. The molecule has 0 aromatic carbocycles. The first kappa shape index (κ1) is 13.0. The summed E-state index contributed by atoms with van der Waals surface area (Å²) >= 11 is 0. The average Bonchev–Trinajstić information content (AvgIpc) is 2.47. The zero-order valence-corrected chi connectivity index (χ0v) is 11.6. The summed E-state index contributed by atoms with van der Waals surface area (Å²) in [6.07, 6.45) is 1.31. The lowest BCUT2D eigenvalue weighted by atomic mass is 10.0. The monoisotopic (exact) mass is 212 g/mol. The van der Waals surface area contributed by atoms with Crippen molar-refractivity contribution in [2.24, 2.45) is 0 Å². The van der Waals surface area contributed by atoms with E-state index in [4.69, 9.17) is 0 Å². The fourth-order valence-corrected chi connectivity index (χ4v) is 2.21. The fraction of sp³-hybridized carbons (Fsp3) is 1.00. The number of likely N-dealkylation sites (N-methyl/N-ethyl adjacent to an activating group) is 1. The van der Waals surface area contributed by atoms with E-state index in [1.54, 1.807) is 0 Å². The maximum atomic E-state index is 2.60. The Hall–Kier alpha value is -0.0800. The van der Waals surface area contributed by atoms with Crippen LogP contribution in [0.25, 0.3) is 0 Å². The molecule has 15 heavy (non-hydrogen) atoms. The van der Waals surface area contributed by atoms with Crippen LogP contribution in [0, 0.1) is 0 Å². The molecule has 1 rings (SSSR count). The van der Waals surface area contributed by atoms with Gasteiger partial charge in [-0.3, -0.25) is 9.80 Å². The zero-order chi connectivity index (χ0) is 11.9. The van der Waals surface area contributed by atoms with Crippen LogP contribution in [0.15, 0.2) is 0 Å². The normalized spacial score (nSPS) is 25.2. The van der Waals surface area contributed by atoms with Gasteiger partial charge in [0.1, 0.15) is 0 Å². The standard InChI is InChI=1S/C13H28N2/c1-12(2,3)14(7)11-8-9-15(10-11)13(4,5)6/h11H,8-10H2,1-7H3/t11-/m1/s1. The lowest BCUT2D eigenvalue weighted by molar-refractivity contribution is 0.102. The Morgan fingerprint density at radius 3 is 1.93 bits per heavy atom. The Bertz CT molecular complexity index is 210. The molecule has 1 aliphatic rings. The van der Waals surface area contributed by atoms with E-state index in [1.807, 2.05) is 0 Å². The molecule has 1 atom stereocenters. The Morgan fingerprint density at radius 1 is 1.07 bits per heavy atom. The molecule has 0 unspecified atom stereocenters. The van der Waals surface area contributed by atoms with Crippen LogP contribution in [-0.2, 0) is 0 Å². The maximum Gasteiger partial charge on any atom is 0.0237 e. The van der Waals surface area contributed by atoms with Crippen molar-refractivity contribution < 1.29 is 0 Å². The number of hydrogen-bond acceptors (Lipinski definition) is 2. The van der Waals surface area contributed by atoms with Crippen LogP contribution < -0.4 is 0 Å². The predicted molar refractivity (Wildman–Crippen MR) is 67.2 cm³/mol. The lowest BCUT2D eigenvalue weighted by Gasteiger charge is -2.38. The van der Waals surface area contributed by atoms with E-state index in [0.29, 0.717) is 11.1 Å². The van der Waals surface area contributed by atoms with Crippen LogP contribution in [0.5, 0.6) is 0 Å². The summed E-state index contributed by atoms with van der Waals surface area (Å²) in [7, 11) is 2.26. The summed E-state index contributed by atoms with van der Waals surface area (Å²) < 4.78 is 0. The molecule has 1 heterocycles. The minimum Gasteiger partial charge on any atom is -0.297 e. The van der Waals surface area contributed by atoms with Crippen molar-refractivity contribution in [1.29, 1.82) is 0 Å². The highest BCUT2D eigenvalue weighted by Gasteiger charge is 2.35. The van der Waals surface area contributed by atoms with Gasteiger partial charge in [-0.15, -0.1) is 0 Å². The second-order valence-electron chi connectivity index (χ2n) is 6.84. The van der Waals surface area contributed by atoms with Crippen LogP contribution in [0.4, 0.5) is 0 Å². The molecule has 1 saturated heterocycles. The van der Waals surface area contributed by atoms with Crippen molar-refractivity contribution >= 4 is 0 Å². The van der Waals surface area contributed by atoms with Gasteiger partial charge in [0.25, 0.3) is 0 Å². The highest BCUT2D eigenvalue weighted by atomic mass is 15.3. The predicted octanol–water partition coefficient (Wildman–Crippen LogP) is 2.59. The quantitative estimate of drug-likeness (QED) is 0.659. The van der Waals surface area contributed by atoms with E-state index in [2.05, 4.69) is 58.4 Å². The molecule has 2 heteroatoms. The van der Waals surface area contributed by atoms with Crippen LogP contribution in [0.1, 0.15) is 48.0 Å². The van der Waals surface area contributed by atoms with Gasteiger partial charge in [0.2, 0.25) is 0 Å². The Labute approximate surface area is 95.6 Å². The van der Waals surface area contributed by atoms with Gasteiger partial charge in [-0.2, -0.15) is 0 Å². The first-order valence-corrected chi connectivity index (χ1v) is 6.10. The topological polar surface area (TPSA) is 6.48 Å². The molecule has 0 saturated carbocycles. The average molecular weight is 212 g/mol. The molecule has 1 fully saturated rings. The highest BCUT2D eigenvalue weighted by Crippen LogP contribution is 2.26. The van der Waals surface area contributed by atoms with Crippen LogP contribution in [0.3, 0.4) is 0 Å². The minimum absolute atomic E-state index is 0.290. The first-order valence-electron chi connectivity index (χ1n) is 6.10. The van der Waals surface area contributed by atoms with E-state index in [9.17, 15) is 0 Å². The molecule has 0 bridgehead atoms. The second kappa shape index (κ2) is 4.06. The zero-order valence-electron chi connectivity index (χ0n) is 11.6. The third kappa shape index (κ3) is 3.18. The smallest absolute Gasteiger partial charge is 0.0237 e. The third-order valence-electron chi connectivity index (χ3n) is 3.72. The van der Waals surface area contributed by atoms with Crippen molar-refractivity contribution in [1.82, 2.24) is 9.80 Å². The first-order chi connectivity index (χ1) is 6.62. The van der Waals surface area contributed by atoms with Crippen molar-refractivity contribution in [2.75, 3.05) is 20.1 Å². The molecular weight excluding hydrogens is 184 g/mol. The van der Waals surface area contributed by atoms with Gasteiger partial charge >= 0.3 is 0 Å². The van der Waals surface area contributed by atoms with Crippen LogP contribution >= 0.6 is 0 Å². The number of nitrogens with zero attached hydrogens (tertiary/aromatic N) is 2. The summed E-state index contributed by atoms with van der Waals surface area (Å²) in [6, 6.07) is 0.726. The minimum atomic E-state index is 0.290. The summed E-state index contributed by atoms with van der Waals surface area (Å²) in [5.74, 6) is 0. The number of hydrogen-bond donors (Lipinski definition) is 0. The van der Waals surface area contributed by atoms with Crippen molar-refractivity contribution in [3.8, 4) is 0 Å². The van der Waals surface area contributed by atoms with E-state index >= 15 is 0 Å². The summed E-state index contributed by atoms with van der Waals surface area (Å²) in [5, 5.41) is 0. The van der Waals surface area contributed by atoms with Gasteiger partial charge in [0.05, 0.1) is 0 Å². The molecule has 2 nitrogen and oxygen atoms in total. The van der Waals surface area contributed by atoms with Gasteiger partial charge in [0.15, 0.2) is 0 Å². The Morgan fingerprint density at radius 2 is 1.60 bits per heavy atom. The summed E-state index contributed by atoms with van der Waals surface area (Å²) in [6.45, 7) is 16.3. The SMILES string of the molecule is CN([C@@H]1CCN(C(C)(C)C)C1)C(C)(C)C. The molecule has 0 amide bonds. The van der Waals surface area contributed by atoms with Crippen molar-refractivity contribution in [3.05, 3.63) is 0 Å². The third-order valence-corrected chi connectivity index (χ3v) is 3.72. The molecule has 0 aliphatic carbocycles. The second-order valence-corrected chi connectivity index (χ2v) is 6.84. The van der Waals surface area contributed by atoms with E-state index in [0.717, 1.165) is 6.04 Å². The maximum absolute atomic E-state index is 2.60. The molecule has 0 aromatic heterocycles. The van der Waals surface area contributed by atoms with Gasteiger partial charge in [-0.1, -0.05) is 0 Å². The molecule has 0 aromatic rings. The molecule has 0 radical (unpaired) electrons. The molecule has 0 N–H and O–H groups in total. The lowest BCUT2D eigenvalue weighted by Crippen LogP contribution is -2.48. The summed E-state index contributed by atoms with van der Waals surface area (Å²) in [4.78, 5) is 5.12. The van der Waals surface area contributed by atoms with E-state index in [-0.39, 0.29) is 0 Å². The Balaban J connectivity index is 2.57. The fourth-order valence-electron chi connectivity index (χ4n) is 2.21. The summed E-state index contributed by atoms with van der Waals surface area (Å²) in [5.41, 5.74) is 0.617. The Kier molecular flexibility index (Phi) is 3.52. The van der Waals surface area contributed by atoms with Crippen molar-refractivity contribution in [3.63, 3.8) is 0 Å². The highest BCUT2D eigenvalue weighted by molar-refractivity contribution is 4.91. The largest absolute Gasteiger partial charge is 0.297 e. The van der Waals surface area contributed by atoms with Crippen LogP contribution in [-0.4, -0.2) is 47.1 Å². The number of rotatable bonds is 1. The van der Waals surface area contributed by atoms with Gasteiger partial charge in [-0.25, -0.2) is 0 Å². The number of likely N-dealkylation sites (tertiary alicyclic amines) is 1. The van der Waals surface area contributed by atoms with Gasteiger partial charge in [0, 0.05) is 30.2 Å².